The van der Waals surface area contributed by atoms with Gasteiger partial charge in [-0.3, -0.25) is 0 Å². The fourth-order valence-electron chi connectivity index (χ4n) is 1.59. The number of hydrogen-bond donors (Lipinski definition) is 2. The third-order valence-corrected chi connectivity index (χ3v) is 3.86. The highest BCUT2D eigenvalue weighted by atomic mass is 32.2. The first-order valence-electron chi connectivity index (χ1n) is 5.51. The van der Waals surface area contributed by atoms with Gasteiger partial charge in [-0.25, -0.2) is 13.1 Å². The summed E-state index contributed by atoms with van der Waals surface area (Å²) in [6, 6.07) is 4.89. The van der Waals surface area contributed by atoms with E-state index in [0.717, 1.165) is 0 Å². The smallest absolute Gasteiger partial charge is 0.381 e. The Kier molecular flexibility index (Phi) is 4.81. The summed E-state index contributed by atoms with van der Waals surface area (Å²) in [5, 5.41) is 2.57. The molecular formula is C11H15F3N2O2S. The Labute approximate surface area is 110 Å². The normalized spacial score (nSPS) is 14.2. The molecule has 0 radical (unpaired) electrons. The lowest BCUT2D eigenvalue weighted by Gasteiger charge is -2.19. The van der Waals surface area contributed by atoms with Gasteiger partial charge in [0.05, 0.1) is 12.1 Å². The van der Waals surface area contributed by atoms with Gasteiger partial charge in [-0.05, 0) is 26.1 Å². The van der Waals surface area contributed by atoms with E-state index < -0.39 is 28.7 Å². The first-order chi connectivity index (χ1) is 8.65. The fraction of sp³-hybridized carbons (Fsp3) is 0.455. The molecule has 0 aliphatic rings. The number of alkyl halides is 3. The predicted octanol–water partition coefficient (Wildman–Crippen LogP) is 2.35. The van der Waals surface area contributed by atoms with E-state index in [9.17, 15) is 21.6 Å². The van der Waals surface area contributed by atoms with Gasteiger partial charge in [0.15, 0.2) is 0 Å². The average Bonchev–Trinajstić information content (AvgIpc) is 2.27. The highest BCUT2D eigenvalue weighted by Gasteiger charge is 2.30. The number of nitrogens with one attached hydrogen (secondary N) is 2. The van der Waals surface area contributed by atoms with Crippen LogP contribution in [0.1, 0.15) is 13.3 Å². The zero-order chi connectivity index (χ0) is 14.7. The molecule has 0 spiro atoms. The first-order valence-corrected chi connectivity index (χ1v) is 7.00. The zero-order valence-electron chi connectivity index (χ0n) is 10.5. The number of para-hydroxylation sites is 1. The molecule has 0 amide bonds. The lowest BCUT2D eigenvalue weighted by molar-refractivity contribution is -0.136. The van der Waals surface area contributed by atoms with Crippen LogP contribution in [0.25, 0.3) is 0 Å². The van der Waals surface area contributed by atoms with Gasteiger partial charge < -0.3 is 5.32 Å². The Morgan fingerprint density at radius 3 is 2.37 bits per heavy atom. The second-order valence-electron chi connectivity index (χ2n) is 4.07. The molecule has 0 saturated carbocycles. The van der Waals surface area contributed by atoms with Crippen molar-refractivity contribution in [3.8, 4) is 0 Å². The highest BCUT2D eigenvalue weighted by molar-refractivity contribution is 7.89. The summed E-state index contributed by atoms with van der Waals surface area (Å²) < 4.78 is 62.3. The molecule has 8 heteroatoms. The molecule has 1 aromatic carbocycles. The minimum absolute atomic E-state index is 0.0773. The van der Waals surface area contributed by atoms with Crippen LogP contribution in [0, 0.1) is 0 Å². The Hall–Kier alpha value is -1.28. The SMILES string of the molecule is CNS(=O)(=O)c1ccccc1NC(C)CC(F)(F)F. The van der Waals surface area contributed by atoms with E-state index in [-0.39, 0.29) is 10.6 Å². The van der Waals surface area contributed by atoms with Crippen molar-refractivity contribution >= 4 is 15.7 Å². The number of benzene rings is 1. The molecule has 1 rings (SSSR count). The number of hydrogen-bond acceptors (Lipinski definition) is 3. The summed E-state index contributed by atoms with van der Waals surface area (Å²) in [5.41, 5.74) is 0.147. The van der Waals surface area contributed by atoms with Crippen LogP contribution in [0.3, 0.4) is 0 Å². The van der Waals surface area contributed by atoms with Crippen molar-refractivity contribution < 1.29 is 21.6 Å². The van der Waals surface area contributed by atoms with Crippen molar-refractivity contribution in [1.29, 1.82) is 0 Å². The van der Waals surface area contributed by atoms with Gasteiger partial charge in [0, 0.05) is 6.04 Å². The summed E-state index contributed by atoms with van der Waals surface area (Å²) in [5.74, 6) is 0. The van der Waals surface area contributed by atoms with Crippen LogP contribution < -0.4 is 10.0 Å². The van der Waals surface area contributed by atoms with E-state index in [0.29, 0.717) is 0 Å². The van der Waals surface area contributed by atoms with Crippen LogP contribution in [0.2, 0.25) is 0 Å². The zero-order valence-corrected chi connectivity index (χ0v) is 11.3. The monoisotopic (exact) mass is 296 g/mol. The molecule has 1 unspecified atom stereocenters. The minimum Gasteiger partial charge on any atom is -0.381 e. The van der Waals surface area contributed by atoms with Crippen molar-refractivity contribution in [2.24, 2.45) is 0 Å². The van der Waals surface area contributed by atoms with Crippen molar-refractivity contribution in [2.45, 2.75) is 30.5 Å². The molecule has 0 heterocycles. The second kappa shape index (κ2) is 5.79. The quantitative estimate of drug-likeness (QED) is 0.877. The number of rotatable bonds is 5. The molecule has 19 heavy (non-hydrogen) atoms. The van der Waals surface area contributed by atoms with Crippen LogP contribution >= 0.6 is 0 Å². The largest absolute Gasteiger partial charge is 0.391 e. The van der Waals surface area contributed by atoms with E-state index >= 15 is 0 Å². The van der Waals surface area contributed by atoms with Crippen LogP contribution in [0.15, 0.2) is 29.2 Å². The maximum Gasteiger partial charge on any atom is 0.391 e. The van der Waals surface area contributed by atoms with Crippen molar-refractivity contribution in [1.82, 2.24) is 4.72 Å². The molecule has 2 N–H and O–H groups in total. The van der Waals surface area contributed by atoms with E-state index in [1.165, 1.54) is 32.2 Å². The third kappa shape index (κ3) is 4.71. The molecule has 0 aliphatic heterocycles. The summed E-state index contributed by atoms with van der Waals surface area (Å²) in [6.07, 6.45) is -5.34. The second-order valence-corrected chi connectivity index (χ2v) is 5.92. The molecule has 1 aromatic rings. The molecule has 108 valence electrons. The van der Waals surface area contributed by atoms with Gasteiger partial charge in [0.2, 0.25) is 10.0 Å². The van der Waals surface area contributed by atoms with E-state index in [2.05, 4.69) is 10.0 Å². The van der Waals surface area contributed by atoms with Crippen molar-refractivity contribution in [3.05, 3.63) is 24.3 Å². The number of halogens is 3. The molecule has 0 saturated heterocycles. The number of anilines is 1. The molecule has 0 aliphatic carbocycles. The first kappa shape index (κ1) is 15.8. The highest BCUT2D eigenvalue weighted by Crippen LogP contribution is 2.26. The minimum atomic E-state index is -4.30. The van der Waals surface area contributed by atoms with Gasteiger partial charge >= 0.3 is 6.18 Å². The van der Waals surface area contributed by atoms with Gasteiger partial charge in [-0.1, -0.05) is 12.1 Å². The predicted molar refractivity (Wildman–Crippen MR) is 66.4 cm³/mol. The summed E-state index contributed by atoms with van der Waals surface area (Å²) in [7, 11) is -2.47. The Balaban J connectivity index is 2.97. The molecule has 4 nitrogen and oxygen atoms in total. The number of sulfonamides is 1. The Morgan fingerprint density at radius 1 is 1.26 bits per heavy atom. The van der Waals surface area contributed by atoms with E-state index in [4.69, 9.17) is 0 Å². The average molecular weight is 296 g/mol. The van der Waals surface area contributed by atoms with E-state index in [1.54, 1.807) is 6.07 Å². The third-order valence-electron chi connectivity index (χ3n) is 2.38. The topological polar surface area (TPSA) is 58.2 Å². The molecular weight excluding hydrogens is 281 g/mol. The molecule has 0 fully saturated rings. The van der Waals surface area contributed by atoms with Crippen LogP contribution in [0.4, 0.5) is 18.9 Å². The Morgan fingerprint density at radius 2 is 1.84 bits per heavy atom. The lowest BCUT2D eigenvalue weighted by Crippen LogP contribution is -2.26. The van der Waals surface area contributed by atoms with Crippen LogP contribution in [-0.4, -0.2) is 27.7 Å². The maximum atomic E-state index is 12.2. The summed E-state index contributed by atoms with van der Waals surface area (Å²) in [6.45, 7) is 1.34. The van der Waals surface area contributed by atoms with Crippen molar-refractivity contribution in [2.75, 3.05) is 12.4 Å². The fourth-order valence-corrected chi connectivity index (χ4v) is 2.49. The summed E-state index contributed by atoms with van der Waals surface area (Å²) >= 11 is 0. The molecule has 0 bridgehead atoms. The van der Waals surface area contributed by atoms with Crippen LogP contribution in [-0.2, 0) is 10.0 Å². The lowest BCUT2D eigenvalue weighted by atomic mass is 10.2. The van der Waals surface area contributed by atoms with Crippen LogP contribution in [0.5, 0.6) is 0 Å². The molecule has 1 atom stereocenters. The van der Waals surface area contributed by atoms with Gasteiger partial charge in [-0.2, -0.15) is 13.2 Å². The van der Waals surface area contributed by atoms with E-state index in [1.807, 2.05) is 0 Å². The van der Waals surface area contributed by atoms with Gasteiger partial charge in [0.25, 0.3) is 0 Å². The molecule has 0 aromatic heterocycles. The maximum absolute atomic E-state index is 12.2. The van der Waals surface area contributed by atoms with Gasteiger partial charge in [-0.15, -0.1) is 0 Å². The standard InChI is InChI=1S/C11H15F3N2O2S/c1-8(7-11(12,13)14)16-9-5-3-4-6-10(9)19(17,18)15-2/h3-6,8,15-16H,7H2,1-2H3. The summed E-state index contributed by atoms with van der Waals surface area (Å²) in [4.78, 5) is -0.0773. The van der Waals surface area contributed by atoms with Gasteiger partial charge in [0.1, 0.15) is 4.90 Å². The van der Waals surface area contributed by atoms with Crippen molar-refractivity contribution in [3.63, 3.8) is 0 Å². The Bertz CT molecular complexity index is 529.